The Morgan fingerprint density at radius 2 is 1.39 bits per heavy atom. The van der Waals surface area contributed by atoms with Gasteiger partial charge in [0.2, 0.25) is 11.8 Å². The molecule has 2 amide bonds. The predicted molar refractivity (Wildman–Crippen MR) is 243 cm³/mol. The van der Waals surface area contributed by atoms with Crippen LogP contribution in [-0.2, 0) is 33.3 Å². The third-order valence-corrected chi connectivity index (χ3v) is 14.3. The molecule has 1 heterocycles. The summed E-state index contributed by atoms with van der Waals surface area (Å²) in [6.07, 6.45) is 14.1. The van der Waals surface area contributed by atoms with E-state index < -0.39 is 54.7 Å². The normalized spacial score (nSPS) is 24.4. The molecule has 4 aliphatic rings. The molecule has 10 atom stereocenters. The first-order valence-corrected chi connectivity index (χ1v) is 24.3. The van der Waals surface area contributed by atoms with E-state index in [0.29, 0.717) is 76.3 Å². The van der Waals surface area contributed by atoms with Gasteiger partial charge in [-0.1, -0.05) is 79.6 Å². The van der Waals surface area contributed by atoms with Gasteiger partial charge in [-0.2, -0.15) is 0 Å². The Kier molecular flexibility index (Phi) is 23.1. The SMILES string of the molecule is CCCCCCCCCNCCCC(=O)C[C@@H](CCCCN)C(=O)N[C@H](C(=O)C[C@@H](C)C(=O)N[C@@H](CCCCN)C(=O)C[C@@H](C)B1O[C@@H]2C[C@@H]3C[C@@H](C3(C)C)[C@]2(C)O1)[C@@H](C)O. The second-order valence-corrected chi connectivity index (χ2v) is 19.8. The molecule has 61 heavy (non-hydrogen) atoms. The van der Waals surface area contributed by atoms with E-state index in [9.17, 15) is 29.1 Å². The number of rotatable bonds is 34. The Bertz CT molecular complexity index is 1380. The minimum atomic E-state index is -1.26. The summed E-state index contributed by atoms with van der Waals surface area (Å²) in [5, 5.41) is 19.7. The van der Waals surface area contributed by atoms with Crippen molar-refractivity contribution in [2.45, 2.75) is 213 Å². The number of unbranched alkanes of at least 4 members (excludes halogenated alkanes) is 8. The Morgan fingerprint density at radius 1 is 0.754 bits per heavy atom. The van der Waals surface area contributed by atoms with Gasteiger partial charge in [0.1, 0.15) is 11.8 Å². The van der Waals surface area contributed by atoms with Gasteiger partial charge < -0.3 is 41.8 Å². The second-order valence-electron chi connectivity index (χ2n) is 19.8. The lowest BCUT2D eigenvalue weighted by Gasteiger charge is -2.64. The fraction of sp³-hybridized carbons (Fsp3) is 0.894. The first kappa shape index (κ1) is 53.1. The molecule has 0 aromatic heterocycles. The molecule has 4 fully saturated rings. The van der Waals surface area contributed by atoms with Crippen molar-refractivity contribution in [2.75, 3.05) is 26.2 Å². The van der Waals surface area contributed by atoms with Crippen molar-refractivity contribution in [1.29, 1.82) is 0 Å². The average molecular weight is 860 g/mol. The summed E-state index contributed by atoms with van der Waals surface area (Å²) in [6.45, 7) is 16.6. The summed E-state index contributed by atoms with van der Waals surface area (Å²) in [4.78, 5) is 67.7. The van der Waals surface area contributed by atoms with Gasteiger partial charge in [0.05, 0.1) is 23.9 Å². The molecule has 1 saturated heterocycles. The van der Waals surface area contributed by atoms with E-state index >= 15 is 0 Å². The minimum absolute atomic E-state index is 0.00638. The Hall–Kier alpha value is -2.23. The Morgan fingerprint density at radius 3 is 2.03 bits per heavy atom. The molecule has 4 rings (SSSR count). The van der Waals surface area contributed by atoms with Gasteiger partial charge >= 0.3 is 7.12 Å². The number of nitrogens with one attached hydrogen (secondary N) is 3. The summed E-state index contributed by atoms with van der Waals surface area (Å²) in [5.74, 6) is -2.29. The van der Waals surface area contributed by atoms with Crippen molar-refractivity contribution in [2.24, 2.45) is 40.6 Å². The number of carbonyl (C=O) groups excluding carboxylic acids is 5. The van der Waals surface area contributed by atoms with E-state index in [-0.39, 0.29) is 53.8 Å². The van der Waals surface area contributed by atoms with E-state index in [1.807, 2.05) is 6.92 Å². The van der Waals surface area contributed by atoms with Crippen molar-refractivity contribution in [3.05, 3.63) is 0 Å². The maximum absolute atomic E-state index is 13.8. The van der Waals surface area contributed by atoms with Crippen LogP contribution < -0.4 is 27.4 Å². The van der Waals surface area contributed by atoms with Crippen LogP contribution in [0.15, 0.2) is 0 Å². The summed E-state index contributed by atoms with van der Waals surface area (Å²) in [5.41, 5.74) is 11.3. The highest BCUT2D eigenvalue weighted by Crippen LogP contribution is 2.66. The van der Waals surface area contributed by atoms with Crippen LogP contribution in [0.1, 0.15) is 177 Å². The van der Waals surface area contributed by atoms with E-state index in [4.69, 9.17) is 20.8 Å². The van der Waals surface area contributed by atoms with Crippen LogP contribution in [0.3, 0.4) is 0 Å². The number of hydrogen-bond donors (Lipinski definition) is 6. The highest BCUT2D eigenvalue weighted by molar-refractivity contribution is 6.47. The number of amides is 2. The Balaban J connectivity index is 1.51. The lowest BCUT2D eigenvalue weighted by Crippen LogP contribution is -2.65. The third kappa shape index (κ3) is 16.1. The van der Waals surface area contributed by atoms with Crippen LogP contribution in [0.25, 0.3) is 0 Å². The van der Waals surface area contributed by atoms with Crippen molar-refractivity contribution < 1.29 is 38.4 Å². The average Bonchev–Trinajstić information content (AvgIpc) is 3.58. The first-order chi connectivity index (χ1) is 29.0. The molecule has 0 spiro atoms. The largest absolute Gasteiger partial charge is 0.461 e. The zero-order valence-corrected chi connectivity index (χ0v) is 39.2. The van der Waals surface area contributed by atoms with Crippen LogP contribution >= 0.6 is 0 Å². The van der Waals surface area contributed by atoms with Gasteiger partial charge in [-0.3, -0.25) is 24.0 Å². The van der Waals surface area contributed by atoms with Crippen LogP contribution in [-0.4, -0.2) is 97.5 Å². The zero-order valence-electron chi connectivity index (χ0n) is 39.2. The van der Waals surface area contributed by atoms with Gasteiger partial charge in [0, 0.05) is 37.5 Å². The fourth-order valence-corrected chi connectivity index (χ4v) is 10.1. The van der Waals surface area contributed by atoms with Gasteiger partial charge in [0.25, 0.3) is 0 Å². The molecule has 3 saturated carbocycles. The summed E-state index contributed by atoms with van der Waals surface area (Å²) in [7, 11) is -0.510. The van der Waals surface area contributed by atoms with Crippen LogP contribution in [0, 0.1) is 29.1 Å². The molecule has 13 nitrogen and oxygen atoms in total. The monoisotopic (exact) mass is 860 g/mol. The van der Waals surface area contributed by atoms with Crippen LogP contribution in [0.2, 0.25) is 5.82 Å². The van der Waals surface area contributed by atoms with Gasteiger partial charge in [0.15, 0.2) is 11.6 Å². The molecule has 14 heteroatoms. The molecule has 0 aromatic carbocycles. The Labute approximate surface area is 369 Å². The molecule has 0 radical (unpaired) electrons. The number of hydrogen-bond acceptors (Lipinski definition) is 11. The quantitative estimate of drug-likeness (QED) is 0.0328. The highest BCUT2D eigenvalue weighted by atomic mass is 16.7. The summed E-state index contributed by atoms with van der Waals surface area (Å²) < 4.78 is 13.1. The lowest BCUT2D eigenvalue weighted by molar-refractivity contribution is -0.199. The molecular weight excluding hydrogens is 773 g/mol. The number of aliphatic hydroxyl groups excluding tert-OH is 1. The fourth-order valence-electron chi connectivity index (χ4n) is 10.1. The molecule has 3 aliphatic carbocycles. The molecule has 1 aliphatic heterocycles. The smallest absolute Gasteiger partial charge is 0.405 e. The van der Waals surface area contributed by atoms with Crippen LogP contribution in [0.5, 0.6) is 0 Å². The van der Waals surface area contributed by atoms with Crippen molar-refractivity contribution in [1.82, 2.24) is 16.0 Å². The maximum atomic E-state index is 13.8. The zero-order chi connectivity index (χ0) is 45.2. The molecular formula is C47H86BN5O8. The van der Waals surface area contributed by atoms with E-state index in [1.165, 1.54) is 45.4 Å². The van der Waals surface area contributed by atoms with Crippen molar-refractivity contribution >= 4 is 36.3 Å². The van der Waals surface area contributed by atoms with Crippen molar-refractivity contribution in [3.8, 4) is 0 Å². The number of Topliss-reactive ketones (excluding diaryl/α,β-unsaturated/α-hetero) is 3. The second kappa shape index (κ2) is 26.5. The minimum Gasteiger partial charge on any atom is -0.405 e. The molecule has 0 aromatic rings. The maximum Gasteiger partial charge on any atom is 0.461 e. The van der Waals surface area contributed by atoms with Gasteiger partial charge in [-0.05, 0) is 121 Å². The highest BCUT2D eigenvalue weighted by Gasteiger charge is 2.68. The molecule has 350 valence electrons. The lowest BCUT2D eigenvalue weighted by atomic mass is 9.43. The topological polar surface area (TPSA) is 212 Å². The third-order valence-electron chi connectivity index (χ3n) is 14.3. The number of nitrogens with two attached hydrogens (primary N) is 2. The van der Waals surface area contributed by atoms with Gasteiger partial charge in [-0.15, -0.1) is 0 Å². The summed E-state index contributed by atoms with van der Waals surface area (Å²) >= 11 is 0. The number of ketones is 3. The predicted octanol–water partition coefficient (Wildman–Crippen LogP) is 5.96. The van der Waals surface area contributed by atoms with Gasteiger partial charge in [-0.25, -0.2) is 0 Å². The van der Waals surface area contributed by atoms with E-state index in [1.54, 1.807) is 6.92 Å². The van der Waals surface area contributed by atoms with E-state index in [2.05, 4.69) is 43.6 Å². The number of carbonyl (C=O) groups is 5. The van der Waals surface area contributed by atoms with Crippen LogP contribution in [0.4, 0.5) is 0 Å². The van der Waals surface area contributed by atoms with E-state index in [0.717, 1.165) is 32.4 Å². The van der Waals surface area contributed by atoms with Crippen molar-refractivity contribution in [3.63, 3.8) is 0 Å². The summed E-state index contributed by atoms with van der Waals surface area (Å²) in [6, 6.07) is -2.04. The molecule has 0 unspecified atom stereocenters. The standard InChI is InChI=1S/C47H86BN5O8/c1-8-9-10-11-12-13-18-25-51-26-19-21-37(55)29-35(20-14-16-23-49)45(59)53-43(34(4)54)40(57)27-32(2)44(58)52-38(22-15-17-24-50)39(56)28-33(3)48-60-42-31-36-30-41(46(36,5)6)47(42,7)61-48/h32-36,38,41-43,51,54H,8-31,49-50H2,1-7H3,(H,52,58)(H,53,59)/t32-,33-,34-,35-,36+,38+,41+,42-,43+,47+/m1/s1. The molecule has 8 N–H and O–H groups in total. The number of aliphatic hydroxyl groups is 1. The molecule has 2 bridgehead atoms. The first-order valence-electron chi connectivity index (χ1n) is 24.3.